The number of pyridine rings is 2. The van der Waals surface area contributed by atoms with E-state index in [0.717, 1.165) is 5.56 Å². The van der Waals surface area contributed by atoms with Crippen LogP contribution in [0.1, 0.15) is 24.0 Å². The van der Waals surface area contributed by atoms with Crippen LogP contribution in [0, 0.1) is 17.0 Å². The normalized spacial score (nSPS) is 13.8. The second-order valence-corrected chi connectivity index (χ2v) is 9.66. The van der Waals surface area contributed by atoms with Crippen LogP contribution in [0.4, 0.5) is 8.78 Å². The van der Waals surface area contributed by atoms with Gasteiger partial charge in [0.25, 0.3) is 0 Å². The van der Waals surface area contributed by atoms with Crippen LogP contribution in [0.15, 0.2) is 79.4 Å². The van der Waals surface area contributed by atoms with Crippen LogP contribution in [0.25, 0.3) is 22.2 Å². The average molecular weight is 525 g/mol. The molecule has 3 aromatic heterocycles. The number of benzene rings is 2. The Kier molecular flexibility index (Phi) is 6.18. The van der Waals surface area contributed by atoms with Crippen molar-refractivity contribution in [2.24, 2.45) is 5.41 Å². The van der Waals surface area contributed by atoms with E-state index in [-0.39, 0.29) is 36.0 Å². The molecule has 0 saturated heterocycles. The van der Waals surface area contributed by atoms with Crippen LogP contribution in [0.2, 0.25) is 0 Å². The number of nitrogens with one attached hydrogen (secondary N) is 1. The number of nitrogens with zero attached hydrogens (tertiary/aromatic N) is 3. The summed E-state index contributed by atoms with van der Waals surface area (Å²) < 4.78 is 34.1. The van der Waals surface area contributed by atoms with Crippen molar-refractivity contribution in [3.63, 3.8) is 0 Å². The Morgan fingerprint density at radius 1 is 0.872 bits per heavy atom. The molecular weight excluding hydrogens is 502 g/mol. The van der Waals surface area contributed by atoms with Crippen molar-refractivity contribution in [1.82, 2.24) is 20.2 Å². The number of Topliss-reactive ketones (excluding diaryl/α,β-unsaturated/α-hetero) is 2. The topological polar surface area (TPSA) is 97.8 Å². The Morgan fingerprint density at radius 3 is 2.31 bits per heavy atom. The molecule has 2 aromatic carbocycles. The molecule has 39 heavy (non-hydrogen) atoms. The van der Waals surface area contributed by atoms with Gasteiger partial charge in [-0.15, -0.1) is 0 Å². The summed E-state index contributed by atoms with van der Waals surface area (Å²) in [7, 11) is 0. The van der Waals surface area contributed by atoms with E-state index in [1.165, 1.54) is 24.3 Å². The van der Waals surface area contributed by atoms with Gasteiger partial charge in [0.1, 0.15) is 11.6 Å². The van der Waals surface area contributed by atoms with Crippen molar-refractivity contribution < 1.29 is 23.1 Å². The standard InChI is InChI=1S/C30H22F2N4O3/c31-21-4-1-18(2-5-21)12-28(37)30(8-9-30)29(38)13-19-3-6-27(23(32)11-19)39-26-7-10-33-25-14-24(34-17-22(25)26)20-15-35-36-16-20/h1-7,10-11,14-17H,8-9,12-13H2,(H,35,36). The predicted molar refractivity (Wildman–Crippen MR) is 139 cm³/mol. The Bertz CT molecular complexity index is 1700. The first-order valence-electron chi connectivity index (χ1n) is 12.4. The fraction of sp³-hybridized carbons (Fsp3) is 0.167. The highest BCUT2D eigenvalue weighted by molar-refractivity contribution is 6.10. The lowest BCUT2D eigenvalue weighted by Crippen LogP contribution is -2.28. The lowest BCUT2D eigenvalue weighted by Gasteiger charge is -2.14. The molecule has 3 heterocycles. The molecule has 0 atom stereocenters. The molecule has 5 aromatic rings. The highest BCUT2D eigenvalue weighted by Crippen LogP contribution is 2.49. The monoisotopic (exact) mass is 524 g/mol. The summed E-state index contributed by atoms with van der Waals surface area (Å²) in [5.41, 5.74) is 2.19. The van der Waals surface area contributed by atoms with E-state index >= 15 is 4.39 Å². The summed E-state index contributed by atoms with van der Waals surface area (Å²) in [5.74, 6) is -1.05. The Labute approximate surface area is 221 Å². The highest BCUT2D eigenvalue weighted by atomic mass is 19.1. The number of carbonyl (C=O) groups excluding carboxylic acids is 2. The van der Waals surface area contributed by atoms with Crippen molar-refractivity contribution in [2.45, 2.75) is 25.7 Å². The van der Waals surface area contributed by atoms with Crippen molar-refractivity contribution in [1.29, 1.82) is 0 Å². The van der Waals surface area contributed by atoms with Crippen molar-refractivity contribution >= 4 is 22.5 Å². The fourth-order valence-electron chi connectivity index (χ4n) is 4.66. The molecule has 7 nitrogen and oxygen atoms in total. The third-order valence-electron chi connectivity index (χ3n) is 7.06. The van der Waals surface area contributed by atoms with Crippen LogP contribution in [-0.4, -0.2) is 31.7 Å². The maximum absolute atomic E-state index is 15.1. The number of ether oxygens (including phenoxy) is 1. The third-order valence-corrected chi connectivity index (χ3v) is 7.06. The zero-order chi connectivity index (χ0) is 27.0. The number of ketones is 2. The van der Waals surface area contributed by atoms with Crippen molar-refractivity contribution in [3.05, 3.63) is 102 Å². The molecule has 0 spiro atoms. The Hall–Kier alpha value is -4.79. The predicted octanol–water partition coefficient (Wildman–Crippen LogP) is 5.79. The molecule has 0 bridgehead atoms. The zero-order valence-electron chi connectivity index (χ0n) is 20.7. The van der Waals surface area contributed by atoms with Gasteiger partial charge in [-0.05, 0) is 60.4 Å². The minimum absolute atomic E-state index is 0.00821. The quantitative estimate of drug-likeness (QED) is 0.245. The van der Waals surface area contributed by atoms with Crippen LogP contribution in [-0.2, 0) is 22.4 Å². The lowest BCUT2D eigenvalue weighted by molar-refractivity contribution is -0.133. The number of carbonyl (C=O) groups is 2. The first-order chi connectivity index (χ1) is 18.9. The number of H-pyrrole nitrogens is 1. The second-order valence-electron chi connectivity index (χ2n) is 9.66. The van der Waals surface area contributed by atoms with Crippen LogP contribution >= 0.6 is 0 Å². The molecule has 0 aliphatic heterocycles. The van der Waals surface area contributed by atoms with Crippen LogP contribution in [0.5, 0.6) is 11.5 Å². The molecule has 0 unspecified atom stereocenters. The summed E-state index contributed by atoms with van der Waals surface area (Å²) in [6.45, 7) is 0. The first-order valence-corrected chi connectivity index (χ1v) is 12.4. The van der Waals surface area contributed by atoms with E-state index in [1.54, 1.807) is 55.1 Å². The molecule has 1 fully saturated rings. The van der Waals surface area contributed by atoms with Crippen LogP contribution < -0.4 is 4.74 Å². The van der Waals surface area contributed by atoms with Crippen molar-refractivity contribution in [2.75, 3.05) is 0 Å². The summed E-state index contributed by atoms with van der Waals surface area (Å²) in [6, 6.07) is 13.4. The molecule has 1 N–H and O–H groups in total. The molecule has 0 amide bonds. The van der Waals surface area contributed by atoms with Gasteiger partial charge in [-0.1, -0.05) is 18.2 Å². The third kappa shape index (κ3) is 4.90. The second kappa shape index (κ2) is 9.83. The van der Waals surface area contributed by atoms with Gasteiger partial charge in [-0.25, -0.2) is 8.78 Å². The Morgan fingerprint density at radius 2 is 1.62 bits per heavy atom. The molecule has 194 valence electrons. The summed E-state index contributed by atoms with van der Waals surface area (Å²) >= 11 is 0. The summed E-state index contributed by atoms with van der Waals surface area (Å²) in [5, 5.41) is 7.29. The number of rotatable bonds is 9. The lowest BCUT2D eigenvalue weighted by atomic mass is 9.88. The highest BCUT2D eigenvalue weighted by Gasteiger charge is 2.54. The SMILES string of the molecule is O=C(Cc1ccc(F)cc1)C1(C(=O)Cc2ccc(Oc3ccnc4cc(-c5cn[nH]c5)ncc34)c(F)c2)CC1. The van der Waals surface area contributed by atoms with Gasteiger partial charge in [-0.3, -0.25) is 24.7 Å². The van der Waals surface area contributed by atoms with Gasteiger partial charge >= 0.3 is 0 Å². The molecule has 1 saturated carbocycles. The van der Waals surface area contributed by atoms with E-state index in [9.17, 15) is 14.0 Å². The van der Waals surface area contributed by atoms with Crippen LogP contribution in [0.3, 0.4) is 0 Å². The average Bonchev–Trinajstić information content (AvgIpc) is 3.58. The smallest absolute Gasteiger partial charge is 0.166 e. The van der Waals surface area contributed by atoms with E-state index < -0.39 is 11.2 Å². The van der Waals surface area contributed by atoms with Gasteiger partial charge in [0, 0.05) is 37.0 Å². The summed E-state index contributed by atoms with van der Waals surface area (Å²) in [4.78, 5) is 34.8. The zero-order valence-corrected chi connectivity index (χ0v) is 20.7. The molecule has 0 radical (unpaired) electrons. The van der Waals surface area contributed by atoms with Gasteiger partial charge in [0.15, 0.2) is 23.1 Å². The largest absolute Gasteiger partial charge is 0.453 e. The van der Waals surface area contributed by atoms with E-state index in [0.29, 0.717) is 46.3 Å². The van der Waals surface area contributed by atoms with Gasteiger partial charge in [0.2, 0.25) is 0 Å². The minimum Gasteiger partial charge on any atom is -0.453 e. The summed E-state index contributed by atoms with van der Waals surface area (Å²) in [6.07, 6.45) is 7.51. The van der Waals surface area contributed by atoms with E-state index in [4.69, 9.17) is 4.74 Å². The molecule has 1 aliphatic rings. The van der Waals surface area contributed by atoms with Crippen molar-refractivity contribution in [3.8, 4) is 22.8 Å². The number of fused-ring (bicyclic) bond motifs is 1. The van der Waals surface area contributed by atoms with Gasteiger partial charge < -0.3 is 4.74 Å². The maximum atomic E-state index is 15.1. The Balaban J connectivity index is 1.16. The van der Waals surface area contributed by atoms with Gasteiger partial charge in [0.05, 0.1) is 28.2 Å². The number of hydrogen-bond donors (Lipinski definition) is 1. The number of aromatic nitrogens is 4. The molecule has 1 aliphatic carbocycles. The number of aromatic amines is 1. The fourth-order valence-corrected chi connectivity index (χ4v) is 4.66. The molecule has 9 heteroatoms. The number of halogens is 2. The van der Waals surface area contributed by atoms with Gasteiger partial charge in [-0.2, -0.15) is 5.10 Å². The minimum atomic E-state index is -1.04. The maximum Gasteiger partial charge on any atom is 0.166 e. The van der Waals surface area contributed by atoms with E-state index in [1.807, 2.05) is 0 Å². The van der Waals surface area contributed by atoms with E-state index in [2.05, 4.69) is 20.2 Å². The number of hydrogen-bond acceptors (Lipinski definition) is 6. The first kappa shape index (κ1) is 24.5. The molecular formula is C30H22F2N4O3. The molecule has 6 rings (SSSR count).